The van der Waals surface area contributed by atoms with Crippen molar-refractivity contribution < 1.29 is 4.79 Å². The first-order valence-corrected chi connectivity index (χ1v) is 8.85. The van der Waals surface area contributed by atoms with Crippen LogP contribution in [0.2, 0.25) is 0 Å². The van der Waals surface area contributed by atoms with Gasteiger partial charge in [0.2, 0.25) is 5.91 Å². The van der Waals surface area contributed by atoms with Crippen LogP contribution in [0.5, 0.6) is 0 Å². The molecule has 0 bridgehead atoms. The van der Waals surface area contributed by atoms with Crippen molar-refractivity contribution in [3.05, 3.63) is 84.4 Å². The molecule has 126 valence electrons. The Hall–Kier alpha value is -3.33. The predicted octanol–water partition coefficient (Wildman–Crippen LogP) is 4.97. The van der Waals surface area contributed by atoms with E-state index in [4.69, 9.17) is 0 Å². The molecule has 0 aromatic heterocycles. The van der Waals surface area contributed by atoms with Gasteiger partial charge < -0.3 is 10.6 Å². The monoisotopic (exact) mass is 338 g/mol. The lowest BCUT2D eigenvalue weighted by Gasteiger charge is -2.27. The van der Waals surface area contributed by atoms with Crippen molar-refractivity contribution in [3.8, 4) is 0 Å². The van der Waals surface area contributed by atoms with Crippen LogP contribution in [-0.2, 0) is 11.2 Å². The van der Waals surface area contributed by atoms with Crippen molar-refractivity contribution in [2.45, 2.75) is 12.5 Å². The highest BCUT2D eigenvalue weighted by molar-refractivity contribution is 6.06. The molecule has 4 aromatic rings. The number of hydrogen-bond acceptors (Lipinski definition) is 2. The topological polar surface area (TPSA) is 41.1 Å². The first kappa shape index (κ1) is 15.0. The van der Waals surface area contributed by atoms with Crippen LogP contribution in [0.4, 0.5) is 11.4 Å². The van der Waals surface area contributed by atoms with Crippen molar-refractivity contribution in [1.29, 1.82) is 0 Å². The number of amides is 1. The second-order valence-electron chi connectivity index (χ2n) is 6.73. The van der Waals surface area contributed by atoms with E-state index in [9.17, 15) is 4.79 Å². The van der Waals surface area contributed by atoms with E-state index in [1.807, 2.05) is 24.3 Å². The van der Waals surface area contributed by atoms with Gasteiger partial charge in [0.1, 0.15) is 6.04 Å². The summed E-state index contributed by atoms with van der Waals surface area (Å²) in [5, 5.41) is 11.3. The first-order valence-electron chi connectivity index (χ1n) is 8.85. The Morgan fingerprint density at radius 2 is 1.31 bits per heavy atom. The van der Waals surface area contributed by atoms with Gasteiger partial charge in [-0.3, -0.25) is 4.79 Å². The maximum absolute atomic E-state index is 12.7. The second kappa shape index (κ2) is 5.88. The third-order valence-corrected chi connectivity index (χ3v) is 5.12. The lowest BCUT2D eigenvalue weighted by atomic mass is 9.92. The van der Waals surface area contributed by atoms with Crippen LogP contribution >= 0.6 is 0 Å². The van der Waals surface area contributed by atoms with Crippen LogP contribution in [0.15, 0.2) is 78.9 Å². The quantitative estimate of drug-likeness (QED) is 0.507. The third kappa shape index (κ3) is 2.40. The lowest BCUT2D eigenvalue weighted by molar-refractivity contribution is -0.117. The summed E-state index contributed by atoms with van der Waals surface area (Å²) in [5.41, 5.74) is 3.03. The van der Waals surface area contributed by atoms with Gasteiger partial charge in [-0.15, -0.1) is 0 Å². The normalized spacial score (nSPS) is 16.2. The molecule has 1 aliphatic rings. The molecular weight excluding hydrogens is 320 g/mol. The minimum atomic E-state index is -0.292. The Kier molecular flexibility index (Phi) is 3.39. The van der Waals surface area contributed by atoms with Gasteiger partial charge in [-0.1, -0.05) is 60.7 Å². The SMILES string of the molecule is O=C1Nc2ccccc2NC1Cc1c2ccccc2cc2ccccc12. The molecule has 26 heavy (non-hydrogen) atoms. The first-order chi connectivity index (χ1) is 12.8. The Morgan fingerprint density at radius 1 is 0.731 bits per heavy atom. The zero-order chi connectivity index (χ0) is 17.5. The summed E-state index contributed by atoms with van der Waals surface area (Å²) in [6.45, 7) is 0. The molecule has 0 radical (unpaired) electrons. The third-order valence-electron chi connectivity index (χ3n) is 5.12. The predicted molar refractivity (Wildman–Crippen MR) is 108 cm³/mol. The molecule has 5 rings (SSSR count). The fourth-order valence-electron chi connectivity index (χ4n) is 3.87. The average Bonchev–Trinajstić information content (AvgIpc) is 2.68. The largest absolute Gasteiger partial charge is 0.372 e. The molecule has 0 spiro atoms. The van der Waals surface area contributed by atoms with Gasteiger partial charge in [0.25, 0.3) is 0 Å². The van der Waals surface area contributed by atoms with Crippen LogP contribution < -0.4 is 10.6 Å². The number of carbonyl (C=O) groups is 1. The number of benzene rings is 4. The number of hydrogen-bond donors (Lipinski definition) is 2. The Labute approximate surface area is 151 Å². The van der Waals surface area contributed by atoms with E-state index in [-0.39, 0.29) is 11.9 Å². The van der Waals surface area contributed by atoms with Crippen LogP contribution in [-0.4, -0.2) is 11.9 Å². The van der Waals surface area contributed by atoms with E-state index < -0.39 is 0 Å². The maximum Gasteiger partial charge on any atom is 0.247 e. The molecule has 2 N–H and O–H groups in total. The molecule has 3 heteroatoms. The molecule has 0 saturated carbocycles. The van der Waals surface area contributed by atoms with E-state index in [0.29, 0.717) is 6.42 Å². The van der Waals surface area contributed by atoms with Gasteiger partial charge in [-0.2, -0.15) is 0 Å². The minimum Gasteiger partial charge on any atom is -0.372 e. The van der Waals surface area contributed by atoms with Crippen molar-refractivity contribution in [1.82, 2.24) is 0 Å². The molecule has 0 fully saturated rings. The highest BCUT2D eigenvalue weighted by atomic mass is 16.2. The van der Waals surface area contributed by atoms with Gasteiger partial charge in [-0.25, -0.2) is 0 Å². The van der Waals surface area contributed by atoms with Crippen molar-refractivity contribution in [2.75, 3.05) is 10.6 Å². The number of carbonyl (C=O) groups excluding carboxylic acids is 1. The molecule has 0 saturated heterocycles. The Morgan fingerprint density at radius 3 is 2.00 bits per heavy atom. The van der Waals surface area contributed by atoms with E-state index in [0.717, 1.165) is 11.4 Å². The lowest BCUT2D eigenvalue weighted by Crippen LogP contribution is -2.40. The van der Waals surface area contributed by atoms with E-state index in [1.165, 1.54) is 27.1 Å². The van der Waals surface area contributed by atoms with E-state index in [1.54, 1.807) is 0 Å². The standard InChI is InChI=1S/C23H18N2O/c26-23-22(24-20-11-5-6-12-21(20)25-23)14-19-17-9-3-1-7-15(17)13-16-8-2-4-10-18(16)19/h1-13,22,24H,14H2,(H,25,26). The van der Waals surface area contributed by atoms with Gasteiger partial charge in [0.15, 0.2) is 0 Å². The summed E-state index contributed by atoms with van der Waals surface area (Å²) < 4.78 is 0. The minimum absolute atomic E-state index is 0.0146. The van der Waals surface area contributed by atoms with Gasteiger partial charge in [0, 0.05) is 6.42 Å². The van der Waals surface area contributed by atoms with Crippen LogP contribution in [0.25, 0.3) is 21.5 Å². The van der Waals surface area contributed by atoms with Crippen molar-refractivity contribution in [2.24, 2.45) is 0 Å². The summed E-state index contributed by atoms with van der Waals surface area (Å²) in [6.07, 6.45) is 0.641. The average molecular weight is 338 g/mol. The highest BCUT2D eigenvalue weighted by Crippen LogP contribution is 2.32. The number of rotatable bonds is 2. The molecule has 4 aromatic carbocycles. The van der Waals surface area contributed by atoms with Crippen LogP contribution in [0.1, 0.15) is 5.56 Å². The van der Waals surface area contributed by atoms with Crippen molar-refractivity contribution in [3.63, 3.8) is 0 Å². The second-order valence-corrected chi connectivity index (χ2v) is 6.73. The fraction of sp³-hybridized carbons (Fsp3) is 0.0870. The number of nitrogens with one attached hydrogen (secondary N) is 2. The summed E-state index contributed by atoms with van der Waals surface area (Å²) in [7, 11) is 0. The van der Waals surface area contributed by atoms with Gasteiger partial charge in [-0.05, 0) is 45.3 Å². The molecule has 3 nitrogen and oxygen atoms in total. The highest BCUT2D eigenvalue weighted by Gasteiger charge is 2.26. The Bertz CT molecular complexity index is 1100. The zero-order valence-electron chi connectivity index (χ0n) is 14.2. The molecule has 1 unspecified atom stereocenters. The molecule has 1 aliphatic heterocycles. The van der Waals surface area contributed by atoms with E-state index >= 15 is 0 Å². The molecule has 1 atom stereocenters. The smallest absolute Gasteiger partial charge is 0.247 e. The summed E-state index contributed by atoms with van der Waals surface area (Å²) in [6, 6.07) is 26.6. The molecule has 1 heterocycles. The fourth-order valence-corrected chi connectivity index (χ4v) is 3.87. The summed E-state index contributed by atoms with van der Waals surface area (Å²) in [5.74, 6) is 0.0146. The van der Waals surface area contributed by atoms with E-state index in [2.05, 4.69) is 65.2 Å². The number of para-hydroxylation sites is 2. The van der Waals surface area contributed by atoms with Crippen LogP contribution in [0.3, 0.4) is 0 Å². The summed E-state index contributed by atoms with van der Waals surface area (Å²) in [4.78, 5) is 12.7. The summed E-state index contributed by atoms with van der Waals surface area (Å²) >= 11 is 0. The number of anilines is 2. The number of fused-ring (bicyclic) bond motifs is 3. The zero-order valence-corrected chi connectivity index (χ0v) is 14.2. The molecule has 1 amide bonds. The van der Waals surface area contributed by atoms with Gasteiger partial charge in [0.05, 0.1) is 11.4 Å². The van der Waals surface area contributed by atoms with Gasteiger partial charge >= 0.3 is 0 Å². The van der Waals surface area contributed by atoms with Crippen molar-refractivity contribution >= 4 is 38.8 Å². The maximum atomic E-state index is 12.7. The molecular formula is C23H18N2O. The molecule has 0 aliphatic carbocycles. The van der Waals surface area contributed by atoms with Crippen LogP contribution in [0, 0.1) is 0 Å². The Balaban J connectivity index is 1.64.